The van der Waals surface area contributed by atoms with E-state index >= 15 is 0 Å². The van der Waals surface area contributed by atoms with Crippen molar-refractivity contribution >= 4 is 21.3 Å². The van der Waals surface area contributed by atoms with Crippen LogP contribution in [-0.2, 0) is 5.75 Å². The molecule has 0 saturated carbocycles. The molecular weight excluding hydrogens is 338 g/mol. The number of pyridine rings is 1. The second-order valence-electron chi connectivity index (χ2n) is 6.09. The molecule has 0 bridgehead atoms. The Labute approximate surface area is 148 Å². The average Bonchev–Trinajstić information content (AvgIpc) is 3.02. The molecule has 0 spiro atoms. The van der Waals surface area contributed by atoms with E-state index in [1.807, 2.05) is 32.0 Å². The molecule has 0 fully saturated rings. The van der Waals surface area contributed by atoms with Gasteiger partial charge in [-0.3, -0.25) is 4.98 Å². The molecule has 2 aromatic heterocycles. The number of methoxy groups -OCH3 is 2. The number of ether oxygens (including phenoxy) is 2. The number of fused-ring (bicyclic) bond motifs is 1. The van der Waals surface area contributed by atoms with E-state index in [9.17, 15) is 4.55 Å². The summed E-state index contributed by atoms with van der Waals surface area (Å²) in [6, 6.07) is 5.50. The lowest BCUT2D eigenvalue weighted by Crippen LogP contribution is -2.08. The molecular formula is C18H22N3O3S-. The van der Waals surface area contributed by atoms with Crippen LogP contribution in [0.4, 0.5) is 0 Å². The van der Waals surface area contributed by atoms with Crippen molar-refractivity contribution in [2.75, 3.05) is 20.5 Å². The van der Waals surface area contributed by atoms with Crippen LogP contribution in [0.5, 0.6) is 11.5 Å². The number of aryl methyl sites for hydroxylation is 1. The van der Waals surface area contributed by atoms with E-state index in [2.05, 4.69) is 15.0 Å². The van der Waals surface area contributed by atoms with Crippen LogP contribution >= 0.6 is 10.3 Å². The number of imidazole rings is 1. The van der Waals surface area contributed by atoms with Crippen LogP contribution in [-0.4, -0.2) is 35.0 Å². The van der Waals surface area contributed by atoms with Gasteiger partial charge in [-0.2, -0.15) is 0 Å². The molecule has 0 aliphatic rings. The van der Waals surface area contributed by atoms with Gasteiger partial charge in [-0.05, 0) is 48.4 Å². The first kappa shape index (κ1) is 17.6. The summed E-state index contributed by atoms with van der Waals surface area (Å²) in [7, 11) is 1.02. The Bertz CT molecular complexity index is 921. The molecule has 2 heterocycles. The van der Waals surface area contributed by atoms with E-state index in [0.29, 0.717) is 16.4 Å². The number of nitrogens with zero attached hydrogens (tertiary/aromatic N) is 3. The Kier molecular flexibility index (Phi) is 4.62. The normalized spacial score (nSPS) is 15.0. The standard InChI is InChI=1S/C18H22N3O3S/c1-11-9-19-16(12(2)17(11)24-4)10-25(5,22)18-20-14-7-6-13(23-3)8-15(14)21-18/h6-9H,10H2,1-5H3,(H-,20,21,22)/q-1. The Morgan fingerprint density at radius 1 is 1.20 bits per heavy atom. The van der Waals surface area contributed by atoms with Crippen molar-refractivity contribution < 1.29 is 14.0 Å². The highest BCUT2D eigenvalue weighted by Gasteiger charge is 2.20. The number of hydrogen-bond donors (Lipinski definition) is 1. The minimum Gasteiger partial charge on any atom is -0.497 e. The molecule has 0 radical (unpaired) electrons. The van der Waals surface area contributed by atoms with Crippen molar-refractivity contribution in [3.8, 4) is 11.5 Å². The maximum atomic E-state index is 11.1. The number of aromatic nitrogens is 3. The first-order valence-electron chi connectivity index (χ1n) is 7.81. The molecule has 0 amide bonds. The molecule has 3 aromatic rings. The van der Waals surface area contributed by atoms with Gasteiger partial charge in [0.25, 0.3) is 0 Å². The van der Waals surface area contributed by atoms with Crippen molar-refractivity contribution in [3.63, 3.8) is 0 Å². The first-order valence-corrected chi connectivity index (χ1v) is 9.98. The molecule has 6 nitrogen and oxygen atoms in total. The maximum Gasteiger partial charge on any atom is 0.128 e. The zero-order valence-electron chi connectivity index (χ0n) is 15.0. The SMILES string of the molecule is COc1ccc2[n-]c(S(C)(O)Cc3ncc(C)c(OC)c3C)nc2c1. The topological polar surface area (TPSA) is 78.6 Å². The third-order valence-electron chi connectivity index (χ3n) is 4.18. The molecule has 3 rings (SSSR count). The second-order valence-corrected chi connectivity index (χ2v) is 8.83. The fourth-order valence-electron chi connectivity index (χ4n) is 2.79. The van der Waals surface area contributed by atoms with E-state index in [0.717, 1.165) is 33.8 Å². The lowest BCUT2D eigenvalue weighted by molar-refractivity contribution is 0.407. The van der Waals surface area contributed by atoms with Gasteiger partial charge in [0, 0.05) is 23.1 Å². The zero-order chi connectivity index (χ0) is 18.2. The summed E-state index contributed by atoms with van der Waals surface area (Å²) < 4.78 is 21.7. The molecule has 7 heteroatoms. The highest BCUT2D eigenvalue weighted by Crippen LogP contribution is 2.50. The van der Waals surface area contributed by atoms with E-state index in [1.165, 1.54) is 0 Å². The summed E-state index contributed by atoms with van der Waals surface area (Å²) in [6.07, 6.45) is 3.55. The summed E-state index contributed by atoms with van der Waals surface area (Å²) >= 11 is 0. The van der Waals surface area contributed by atoms with E-state index in [-0.39, 0.29) is 0 Å². The van der Waals surface area contributed by atoms with Crippen LogP contribution in [0.3, 0.4) is 0 Å². The predicted octanol–water partition coefficient (Wildman–Crippen LogP) is 3.69. The summed E-state index contributed by atoms with van der Waals surface area (Å²) in [5.41, 5.74) is 4.17. The molecule has 0 saturated heterocycles. The third kappa shape index (κ3) is 3.29. The molecule has 1 aromatic carbocycles. The summed E-state index contributed by atoms with van der Waals surface area (Å²) in [4.78, 5) is 13.5. The Morgan fingerprint density at radius 2 is 1.96 bits per heavy atom. The van der Waals surface area contributed by atoms with Gasteiger partial charge in [-0.1, -0.05) is 6.07 Å². The van der Waals surface area contributed by atoms with Gasteiger partial charge < -0.3 is 24.0 Å². The third-order valence-corrected chi connectivity index (χ3v) is 5.98. The van der Waals surface area contributed by atoms with Gasteiger partial charge in [0.2, 0.25) is 0 Å². The van der Waals surface area contributed by atoms with Crippen LogP contribution in [0.2, 0.25) is 0 Å². The van der Waals surface area contributed by atoms with Crippen molar-refractivity contribution in [1.29, 1.82) is 0 Å². The van der Waals surface area contributed by atoms with Crippen LogP contribution in [0.25, 0.3) is 11.0 Å². The minimum atomic E-state index is -2.24. The quantitative estimate of drug-likeness (QED) is 0.748. The van der Waals surface area contributed by atoms with Crippen molar-refractivity contribution in [2.45, 2.75) is 24.8 Å². The average molecular weight is 360 g/mol. The van der Waals surface area contributed by atoms with Gasteiger partial charge in [0.05, 0.1) is 19.9 Å². The Morgan fingerprint density at radius 3 is 2.64 bits per heavy atom. The number of rotatable bonds is 5. The maximum absolute atomic E-state index is 11.1. The van der Waals surface area contributed by atoms with Gasteiger partial charge >= 0.3 is 0 Å². The molecule has 134 valence electrons. The molecule has 0 aliphatic heterocycles. The van der Waals surface area contributed by atoms with Gasteiger partial charge in [0.15, 0.2) is 0 Å². The summed E-state index contributed by atoms with van der Waals surface area (Å²) in [5, 5.41) is 0.455. The van der Waals surface area contributed by atoms with E-state index < -0.39 is 10.3 Å². The van der Waals surface area contributed by atoms with Crippen LogP contribution in [0.15, 0.2) is 29.6 Å². The minimum absolute atomic E-state index is 0.378. The fraction of sp³-hybridized carbons (Fsp3) is 0.333. The van der Waals surface area contributed by atoms with Crippen LogP contribution in [0.1, 0.15) is 16.8 Å². The van der Waals surface area contributed by atoms with E-state index in [4.69, 9.17) is 9.47 Å². The molecule has 1 atom stereocenters. The van der Waals surface area contributed by atoms with Gasteiger partial charge in [-0.15, -0.1) is 10.3 Å². The monoisotopic (exact) mass is 360 g/mol. The lowest BCUT2D eigenvalue weighted by atomic mass is 10.1. The smallest absolute Gasteiger partial charge is 0.128 e. The summed E-state index contributed by atoms with van der Waals surface area (Å²) in [6.45, 7) is 3.91. The Balaban J connectivity index is 1.97. The van der Waals surface area contributed by atoms with Gasteiger partial charge in [0.1, 0.15) is 11.5 Å². The number of hydrogen-bond acceptors (Lipinski definition) is 5. The highest BCUT2D eigenvalue weighted by molar-refractivity contribution is 8.27. The van der Waals surface area contributed by atoms with Crippen LogP contribution in [0, 0.1) is 13.8 Å². The predicted molar refractivity (Wildman–Crippen MR) is 100.0 cm³/mol. The molecule has 25 heavy (non-hydrogen) atoms. The molecule has 1 N–H and O–H groups in total. The summed E-state index contributed by atoms with van der Waals surface area (Å²) in [5.74, 6) is 1.90. The lowest BCUT2D eigenvalue weighted by Gasteiger charge is -2.32. The first-order chi connectivity index (χ1) is 11.9. The number of benzene rings is 1. The zero-order valence-corrected chi connectivity index (χ0v) is 15.8. The molecule has 0 aliphatic carbocycles. The van der Waals surface area contributed by atoms with E-state index in [1.54, 1.807) is 26.7 Å². The largest absolute Gasteiger partial charge is 0.497 e. The van der Waals surface area contributed by atoms with Crippen molar-refractivity contribution in [3.05, 3.63) is 41.2 Å². The van der Waals surface area contributed by atoms with Crippen molar-refractivity contribution in [2.24, 2.45) is 0 Å². The second kappa shape index (κ2) is 6.57. The highest BCUT2D eigenvalue weighted by atomic mass is 32.3. The fourth-order valence-corrected chi connectivity index (χ4v) is 4.33. The van der Waals surface area contributed by atoms with Gasteiger partial charge in [-0.25, -0.2) is 0 Å². The molecule has 1 unspecified atom stereocenters. The van der Waals surface area contributed by atoms with Crippen molar-refractivity contribution in [1.82, 2.24) is 15.0 Å². The Hall–Kier alpha value is -2.25. The van der Waals surface area contributed by atoms with Crippen LogP contribution < -0.4 is 14.5 Å².